The lowest BCUT2D eigenvalue weighted by molar-refractivity contribution is -0.110. The second-order valence-electron chi connectivity index (χ2n) is 4.45. The van der Waals surface area contributed by atoms with E-state index in [9.17, 15) is 4.79 Å². The van der Waals surface area contributed by atoms with Crippen molar-refractivity contribution >= 4 is 28.8 Å². The van der Waals surface area contributed by atoms with Gasteiger partial charge in [-0.3, -0.25) is 4.79 Å². The van der Waals surface area contributed by atoms with Crippen LogP contribution < -0.4 is 5.32 Å². The lowest BCUT2D eigenvalue weighted by Crippen LogP contribution is -2.03. The van der Waals surface area contributed by atoms with Crippen molar-refractivity contribution in [2.45, 2.75) is 6.42 Å². The Bertz CT molecular complexity index is 659. The van der Waals surface area contributed by atoms with Crippen LogP contribution in [0.1, 0.15) is 11.1 Å². The summed E-state index contributed by atoms with van der Waals surface area (Å²) in [6.07, 6.45) is 2.68. The lowest BCUT2D eigenvalue weighted by Gasteiger charge is -1.99. The van der Waals surface area contributed by atoms with Crippen LogP contribution in [0.4, 0.5) is 5.69 Å². The molecule has 3 heteroatoms. The van der Waals surface area contributed by atoms with Crippen molar-refractivity contribution < 1.29 is 4.79 Å². The van der Waals surface area contributed by atoms with Crippen molar-refractivity contribution in [2.75, 3.05) is 5.32 Å². The van der Waals surface area contributed by atoms with Crippen LogP contribution in [-0.4, -0.2) is 5.91 Å². The first kappa shape index (κ1) is 12.0. The summed E-state index contributed by atoms with van der Waals surface area (Å²) in [6, 6.07) is 15.4. The molecule has 2 aromatic carbocycles. The van der Waals surface area contributed by atoms with E-state index in [2.05, 4.69) is 5.32 Å². The zero-order valence-electron chi connectivity index (χ0n) is 10.2. The second-order valence-corrected chi connectivity index (χ2v) is 4.88. The largest absolute Gasteiger partial charge is 0.321 e. The summed E-state index contributed by atoms with van der Waals surface area (Å²) in [7, 11) is 0. The third kappa shape index (κ3) is 2.40. The SMILES string of the molecule is O=C1Nc2ccccc2C1=CCc1ccc(Cl)cc1. The predicted octanol–water partition coefficient (Wildman–Crippen LogP) is 3.92. The van der Waals surface area contributed by atoms with E-state index in [0.717, 1.165) is 27.4 Å². The number of carbonyl (C=O) groups excluding carboxylic acids is 1. The van der Waals surface area contributed by atoms with Crippen LogP contribution in [0.3, 0.4) is 0 Å². The Balaban J connectivity index is 1.88. The normalized spacial score (nSPS) is 15.4. The molecular formula is C16H12ClNO. The number of hydrogen-bond acceptors (Lipinski definition) is 1. The number of fused-ring (bicyclic) bond motifs is 1. The van der Waals surface area contributed by atoms with Gasteiger partial charge in [-0.25, -0.2) is 0 Å². The van der Waals surface area contributed by atoms with Gasteiger partial charge in [-0.15, -0.1) is 0 Å². The quantitative estimate of drug-likeness (QED) is 0.823. The highest BCUT2D eigenvalue weighted by Gasteiger charge is 2.22. The van der Waals surface area contributed by atoms with Gasteiger partial charge in [0, 0.05) is 21.8 Å². The maximum atomic E-state index is 11.9. The van der Waals surface area contributed by atoms with E-state index in [4.69, 9.17) is 11.6 Å². The Morgan fingerprint density at radius 3 is 2.58 bits per heavy atom. The number of anilines is 1. The zero-order valence-corrected chi connectivity index (χ0v) is 10.9. The van der Waals surface area contributed by atoms with Gasteiger partial charge in [-0.2, -0.15) is 0 Å². The van der Waals surface area contributed by atoms with E-state index in [1.165, 1.54) is 0 Å². The average Bonchev–Trinajstić information content (AvgIpc) is 2.74. The van der Waals surface area contributed by atoms with Gasteiger partial charge >= 0.3 is 0 Å². The number of hydrogen-bond donors (Lipinski definition) is 1. The molecule has 0 saturated carbocycles. The van der Waals surface area contributed by atoms with Crippen molar-refractivity contribution in [1.82, 2.24) is 0 Å². The van der Waals surface area contributed by atoms with Gasteiger partial charge in [0.15, 0.2) is 0 Å². The van der Waals surface area contributed by atoms with E-state index in [0.29, 0.717) is 6.42 Å². The smallest absolute Gasteiger partial charge is 0.256 e. The molecule has 0 spiro atoms. The van der Waals surface area contributed by atoms with E-state index in [1.807, 2.05) is 54.6 Å². The van der Waals surface area contributed by atoms with Gasteiger partial charge < -0.3 is 5.32 Å². The highest BCUT2D eigenvalue weighted by atomic mass is 35.5. The monoisotopic (exact) mass is 269 g/mol. The number of halogens is 1. The average molecular weight is 270 g/mol. The molecule has 0 bridgehead atoms. The number of amides is 1. The van der Waals surface area contributed by atoms with Crippen LogP contribution in [0.15, 0.2) is 54.6 Å². The molecule has 0 atom stereocenters. The van der Waals surface area contributed by atoms with E-state index in [-0.39, 0.29) is 5.91 Å². The summed E-state index contributed by atoms with van der Waals surface area (Å²) in [5.41, 5.74) is 3.73. The van der Waals surface area contributed by atoms with Gasteiger partial charge in [-0.1, -0.05) is 48.0 Å². The van der Waals surface area contributed by atoms with E-state index in [1.54, 1.807) is 0 Å². The molecule has 3 rings (SSSR count). The number of allylic oxidation sites excluding steroid dienone is 1. The number of rotatable bonds is 2. The molecule has 1 N–H and O–H groups in total. The fourth-order valence-corrected chi connectivity index (χ4v) is 2.31. The molecule has 0 unspecified atom stereocenters. The Labute approximate surface area is 116 Å². The minimum Gasteiger partial charge on any atom is -0.321 e. The molecule has 0 aliphatic carbocycles. The van der Waals surface area contributed by atoms with Crippen molar-refractivity contribution in [3.63, 3.8) is 0 Å². The first-order valence-corrected chi connectivity index (χ1v) is 6.47. The molecule has 0 fully saturated rings. The highest BCUT2D eigenvalue weighted by molar-refractivity contribution is 6.31. The molecule has 1 aliphatic heterocycles. The van der Waals surface area contributed by atoms with Crippen LogP contribution in [0, 0.1) is 0 Å². The number of para-hydroxylation sites is 1. The Hall–Kier alpha value is -2.06. The summed E-state index contributed by atoms with van der Waals surface area (Å²) in [5.74, 6) is -0.0323. The van der Waals surface area contributed by atoms with E-state index < -0.39 is 0 Å². The fraction of sp³-hybridized carbons (Fsp3) is 0.0625. The molecule has 0 saturated heterocycles. The van der Waals surface area contributed by atoms with Crippen LogP contribution >= 0.6 is 11.6 Å². The molecule has 19 heavy (non-hydrogen) atoms. The topological polar surface area (TPSA) is 29.1 Å². The third-order valence-corrected chi connectivity index (χ3v) is 3.42. The molecule has 1 aliphatic rings. The second kappa shape index (κ2) is 4.90. The molecule has 94 valence electrons. The van der Waals surface area contributed by atoms with Crippen molar-refractivity contribution in [1.29, 1.82) is 0 Å². The van der Waals surface area contributed by atoms with Gasteiger partial charge in [-0.05, 0) is 30.2 Å². The summed E-state index contributed by atoms with van der Waals surface area (Å²) >= 11 is 5.85. The first-order chi connectivity index (χ1) is 9.24. The minimum absolute atomic E-state index is 0.0323. The summed E-state index contributed by atoms with van der Waals surface area (Å²) in [5, 5.41) is 3.59. The van der Waals surface area contributed by atoms with Crippen molar-refractivity contribution in [3.8, 4) is 0 Å². The first-order valence-electron chi connectivity index (χ1n) is 6.09. The van der Waals surface area contributed by atoms with Crippen LogP contribution in [0.5, 0.6) is 0 Å². The molecule has 0 aromatic heterocycles. The Morgan fingerprint density at radius 2 is 1.79 bits per heavy atom. The van der Waals surface area contributed by atoms with Crippen LogP contribution in [0.2, 0.25) is 5.02 Å². The Kier molecular flexibility index (Phi) is 3.10. The third-order valence-electron chi connectivity index (χ3n) is 3.17. The standard InChI is InChI=1S/C16H12ClNO/c17-12-8-5-11(6-9-12)7-10-14-13-3-1-2-4-15(13)18-16(14)19/h1-6,8-10H,7H2,(H,18,19). The van der Waals surface area contributed by atoms with Crippen molar-refractivity contribution in [2.24, 2.45) is 0 Å². The highest BCUT2D eigenvalue weighted by Crippen LogP contribution is 2.31. The fourth-order valence-electron chi connectivity index (χ4n) is 2.18. The molecule has 1 heterocycles. The Morgan fingerprint density at radius 1 is 1.05 bits per heavy atom. The van der Waals surface area contributed by atoms with Gasteiger partial charge in [0.05, 0.1) is 0 Å². The maximum absolute atomic E-state index is 11.9. The predicted molar refractivity (Wildman–Crippen MR) is 78.2 cm³/mol. The molecule has 2 aromatic rings. The molecule has 2 nitrogen and oxygen atoms in total. The number of nitrogens with one attached hydrogen (secondary N) is 1. The van der Waals surface area contributed by atoms with Gasteiger partial charge in [0.25, 0.3) is 5.91 Å². The van der Waals surface area contributed by atoms with Gasteiger partial charge in [0.1, 0.15) is 0 Å². The molecule has 0 radical (unpaired) electrons. The maximum Gasteiger partial charge on any atom is 0.256 e. The summed E-state index contributed by atoms with van der Waals surface area (Å²) < 4.78 is 0. The summed E-state index contributed by atoms with van der Waals surface area (Å²) in [6.45, 7) is 0. The minimum atomic E-state index is -0.0323. The van der Waals surface area contributed by atoms with Gasteiger partial charge in [0.2, 0.25) is 0 Å². The number of benzene rings is 2. The molecular weight excluding hydrogens is 258 g/mol. The number of carbonyl (C=O) groups is 1. The zero-order chi connectivity index (χ0) is 13.2. The van der Waals surface area contributed by atoms with E-state index >= 15 is 0 Å². The lowest BCUT2D eigenvalue weighted by atomic mass is 10.0. The van der Waals surface area contributed by atoms with Crippen LogP contribution in [-0.2, 0) is 11.2 Å². The van der Waals surface area contributed by atoms with Crippen LogP contribution in [0.25, 0.3) is 5.57 Å². The molecule has 1 amide bonds. The van der Waals surface area contributed by atoms with Crippen molar-refractivity contribution in [3.05, 3.63) is 70.8 Å². The summed E-state index contributed by atoms with van der Waals surface area (Å²) in [4.78, 5) is 11.9.